The van der Waals surface area contributed by atoms with E-state index in [4.69, 9.17) is 4.74 Å². The van der Waals surface area contributed by atoms with Gasteiger partial charge in [-0.15, -0.1) is 0 Å². The second-order valence-corrected chi connectivity index (χ2v) is 10.1. The third-order valence-electron chi connectivity index (χ3n) is 6.62. The van der Waals surface area contributed by atoms with Crippen LogP contribution in [0.2, 0.25) is 0 Å². The molecule has 0 saturated carbocycles. The highest BCUT2D eigenvalue weighted by Gasteiger charge is 2.33. The summed E-state index contributed by atoms with van der Waals surface area (Å²) in [5, 5.41) is 4.66. The number of esters is 1. The zero-order chi connectivity index (χ0) is 25.0. The topological polar surface area (TPSA) is 64.4 Å². The first kappa shape index (κ1) is 24.7. The van der Waals surface area contributed by atoms with Crippen molar-refractivity contribution in [3.05, 3.63) is 89.2 Å². The van der Waals surface area contributed by atoms with Crippen molar-refractivity contribution in [2.45, 2.75) is 57.9 Å². The number of piperidine rings is 1. The van der Waals surface area contributed by atoms with Crippen molar-refractivity contribution in [1.29, 1.82) is 0 Å². The van der Waals surface area contributed by atoms with Gasteiger partial charge in [0.15, 0.2) is 5.69 Å². The molecule has 6 nitrogen and oxygen atoms in total. The van der Waals surface area contributed by atoms with Crippen molar-refractivity contribution in [2.24, 2.45) is 0 Å². The summed E-state index contributed by atoms with van der Waals surface area (Å²) < 4.78 is 7.19. The Labute approximate surface area is 207 Å². The number of carbonyl (C=O) groups excluding carboxylic acids is 2. The quantitative estimate of drug-likeness (QED) is 0.453. The molecule has 1 aromatic heterocycles. The molecule has 0 spiro atoms. The summed E-state index contributed by atoms with van der Waals surface area (Å²) in [6, 6.07) is 22.0. The molecule has 35 heavy (non-hydrogen) atoms. The first-order valence-corrected chi connectivity index (χ1v) is 12.5. The van der Waals surface area contributed by atoms with E-state index in [-0.39, 0.29) is 23.3 Å². The smallest absolute Gasteiger partial charge is 0.358 e. The van der Waals surface area contributed by atoms with E-state index in [2.05, 4.69) is 25.9 Å². The van der Waals surface area contributed by atoms with Gasteiger partial charge < -0.3 is 9.64 Å². The van der Waals surface area contributed by atoms with Gasteiger partial charge in [-0.3, -0.25) is 9.48 Å². The van der Waals surface area contributed by atoms with E-state index in [1.165, 1.54) is 0 Å². The number of hydrogen-bond acceptors (Lipinski definition) is 4. The molecule has 4 rings (SSSR count). The number of carbonyl (C=O) groups is 2. The number of likely N-dealkylation sites (tertiary alicyclic amines) is 1. The molecule has 1 amide bonds. The third-order valence-corrected chi connectivity index (χ3v) is 6.62. The molecule has 3 aromatic rings. The van der Waals surface area contributed by atoms with Crippen LogP contribution in [0.3, 0.4) is 0 Å². The van der Waals surface area contributed by atoms with Gasteiger partial charge in [-0.1, -0.05) is 81.4 Å². The van der Waals surface area contributed by atoms with Gasteiger partial charge >= 0.3 is 5.97 Å². The fourth-order valence-corrected chi connectivity index (χ4v) is 4.82. The first-order valence-electron chi connectivity index (χ1n) is 12.5. The van der Waals surface area contributed by atoms with Crippen molar-refractivity contribution in [3.8, 4) is 0 Å². The minimum atomic E-state index is -0.391. The van der Waals surface area contributed by atoms with Gasteiger partial charge in [-0.2, -0.15) is 5.10 Å². The average molecular weight is 474 g/mol. The van der Waals surface area contributed by atoms with Crippen molar-refractivity contribution in [3.63, 3.8) is 0 Å². The second-order valence-electron chi connectivity index (χ2n) is 10.1. The summed E-state index contributed by atoms with van der Waals surface area (Å²) in [6.45, 7) is 9.79. The Bertz CT molecular complexity index is 1100. The predicted molar refractivity (Wildman–Crippen MR) is 136 cm³/mol. The number of amides is 1. The minimum Gasteiger partial charge on any atom is -0.461 e. The lowest BCUT2D eigenvalue weighted by atomic mass is 9.89. The van der Waals surface area contributed by atoms with E-state index >= 15 is 0 Å². The SMILES string of the molecule is CCOC(=O)c1cc(C(C)(C)C)n(C2CCN(C(=O)C(c3ccccc3)c3ccccc3)CC2)n1. The zero-order valence-electron chi connectivity index (χ0n) is 21.1. The van der Waals surface area contributed by atoms with E-state index in [1.807, 2.05) is 76.3 Å². The molecular formula is C29H35N3O3. The summed E-state index contributed by atoms with van der Waals surface area (Å²) in [5.74, 6) is -0.582. The highest BCUT2D eigenvalue weighted by Crippen LogP contribution is 2.33. The molecule has 1 fully saturated rings. The summed E-state index contributed by atoms with van der Waals surface area (Å²) in [6.07, 6.45) is 1.57. The summed E-state index contributed by atoms with van der Waals surface area (Å²) >= 11 is 0. The van der Waals surface area contributed by atoms with E-state index in [0.717, 1.165) is 29.7 Å². The summed E-state index contributed by atoms with van der Waals surface area (Å²) in [7, 11) is 0. The molecule has 1 saturated heterocycles. The van der Waals surface area contributed by atoms with Crippen LogP contribution < -0.4 is 0 Å². The van der Waals surface area contributed by atoms with Crippen LogP contribution in [0.1, 0.15) is 79.8 Å². The van der Waals surface area contributed by atoms with Crippen LogP contribution in [-0.4, -0.2) is 46.3 Å². The van der Waals surface area contributed by atoms with Crippen molar-refractivity contribution < 1.29 is 14.3 Å². The van der Waals surface area contributed by atoms with Gasteiger partial charge in [0.25, 0.3) is 0 Å². The average Bonchev–Trinajstić information content (AvgIpc) is 3.32. The van der Waals surface area contributed by atoms with Crippen LogP contribution in [0.4, 0.5) is 0 Å². The second kappa shape index (κ2) is 10.5. The molecule has 2 heterocycles. The maximum atomic E-state index is 13.8. The third kappa shape index (κ3) is 5.47. The highest BCUT2D eigenvalue weighted by molar-refractivity contribution is 5.88. The van der Waals surface area contributed by atoms with Crippen LogP contribution in [0.5, 0.6) is 0 Å². The van der Waals surface area contributed by atoms with Crippen LogP contribution in [-0.2, 0) is 14.9 Å². The Morgan fingerprint density at radius 3 is 2.00 bits per heavy atom. The van der Waals surface area contributed by atoms with Crippen LogP contribution in [0.15, 0.2) is 66.7 Å². The van der Waals surface area contributed by atoms with Crippen molar-refractivity contribution in [1.82, 2.24) is 14.7 Å². The van der Waals surface area contributed by atoms with Crippen LogP contribution in [0, 0.1) is 0 Å². The maximum Gasteiger partial charge on any atom is 0.358 e. The Morgan fingerprint density at radius 2 is 1.51 bits per heavy atom. The molecule has 0 bridgehead atoms. The van der Waals surface area contributed by atoms with Crippen molar-refractivity contribution >= 4 is 11.9 Å². The molecule has 2 aromatic carbocycles. The highest BCUT2D eigenvalue weighted by atomic mass is 16.5. The van der Waals surface area contributed by atoms with Gasteiger partial charge in [0.05, 0.1) is 18.6 Å². The maximum absolute atomic E-state index is 13.8. The van der Waals surface area contributed by atoms with E-state index in [9.17, 15) is 9.59 Å². The standard InChI is InChI=1S/C29H35N3O3/c1-5-35-28(34)24-20-25(29(2,3)4)32(30-24)23-16-18-31(19-17-23)27(33)26(21-12-8-6-9-13-21)22-14-10-7-11-15-22/h6-15,20,23,26H,5,16-19H2,1-4H3. The lowest BCUT2D eigenvalue weighted by Gasteiger charge is -2.36. The van der Waals surface area contributed by atoms with Gasteiger partial charge in [0.2, 0.25) is 5.91 Å². The zero-order valence-corrected chi connectivity index (χ0v) is 21.1. The minimum absolute atomic E-state index is 0.128. The van der Waals surface area contributed by atoms with Gasteiger partial charge in [0.1, 0.15) is 0 Å². The number of rotatable bonds is 6. The Balaban J connectivity index is 1.54. The Morgan fingerprint density at radius 1 is 0.971 bits per heavy atom. The lowest BCUT2D eigenvalue weighted by molar-refractivity contribution is -0.133. The Kier molecular flexibility index (Phi) is 7.39. The molecule has 0 N–H and O–H groups in total. The molecule has 184 valence electrons. The van der Waals surface area contributed by atoms with E-state index in [1.54, 1.807) is 6.92 Å². The van der Waals surface area contributed by atoms with Crippen LogP contribution >= 0.6 is 0 Å². The number of aromatic nitrogens is 2. The van der Waals surface area contributed by atoms with Gasteiger partial charge in [-0.25, -0.2) is 4.79 Å². The molecule has 0 atom stereocenters. The number of nitrogens with zero attached hydrogens (tertiary/aromatic N) is 3. The molecule has 0 radical (unpaired) electrons. The molecule has 1 aliphatic rings. The normalized spacial score (nSPS) is 14.8. The fourth-order valence-electron chi connectivity index (χ4n) is 4.82. The molecular weight excluding hydrogens is 438 g/mol. The number of hydrogen-bond donors (Lipinski definition) is 0. The fraction of sp³-hybridized carbons (Fsp3) is 0.414. The largest absolute Gasteiger partial charge is 0.461 e. The molecule has 0 aliphatic carbocycles. The molecule has 6 heteroatoms. The number of benzene rings is 2. The monoisotopic (exact) mass is 473 g/mol. The molecule has 0 unspecified atom stereocenters. The van der Waals surface area contributed by atoms with Crippen molar-refractivity contribution in [2.75, 3.05) is 19.7 Å². The molecule has 1 aliphatic heterocycles. The first-order chi connectivity index (χ1) is 16.8. The van der Waals surface area contributed by atoms with Crippen LogP contribution in [0.25, 0.3) is 0 Å². The van der Waals surface area contributed by atoms with Gasteiger partial charge in [0, 0.05) is 24.2 Å². The number of ether oxygens (including phenoxy) is 1. The summed E-state index contributed by atoms with van der Waals surface area (Å²) in [5.41, 5.74) is 3.20. The summed E-state index contributed by atoms with van der Waals surface area (Å²) in [4.78, 5) is 28.1. The predicted octanol–water partition coefficient (Wildman–Crippen LogP) is 5.35. The lowest BCUT2D eigenvalue weighted by Crippen LogP contribution is -2.42. The van der Waals surface area contributed by atoms with Gasteiger partial charge in [-0.05, 0) is 37.0 Å². The van der Waals surface area contributed by atoms with E-state index < -0.39 is 5.97 Å². The Hall–Kier alpha value is -3.41. The van der Waals surface area contributed by atoms with E-state index in [0.29, 0.717) is 25.4 Å².